The molecule has 60 valence electrons. The summed E-state index contributed by atoms with van der Waals surface area (Å²) in [5.41, 5.74) is 5.41. The number of primary amides is 1. The Hall–Kier alpha value is -1.95. The van der Waals surface area contributed by atoms with Crippen LogP contribution in [-0.2, 0) is 0 Å². The summed E-state index contributed by atoms with van der Waals surface area (Å²) < 4.78 is 4.72. The van der Waals surface area contributed by atoms with Gasteiger partial charge in [-0.25, -0.2) is 0 Å². The van der Waals surface area contributed by atoms with Gasteiger partial charge in [-0.2, -0.15) is 0 Å². The minimum Gasteiger partial charge on any atom is -0.408 e. The maximum atomic E-state index is 10.7. The maximum Gasteiger partial charge on any atom is 0.248 e. The first-order chi connectivity index (χ1) is 5.74. The average Bonchev–Trinajstić information content (AvgIpc) is 2.05. The molecule has 12 heavy (non-hydrogen) atoms. The second-order valence-electron chi connectivity index (χ2n) is 2.11. The van der Waals surface area contributed by atoms with Crippen LogP contribution in [0, 0.1) is 12.5 Å². The third-order valence-corrected chi connectivity index (χ3v) is 1.30. The molecule has 0 saturated heterocycles. The molecule has 1 aromatic rings. The van der Waals surface area contributed by atoms with Crippen molar-refractivity contribution >= 4 is 5.91 Å². The van der Waals surface area contributed by atoms with Gasteiger partial charge in [-0.05, 0) is 18.2 Å². The van der Waals surface area contributed by atoms with E-state index in [2.05, 4.69) is 0 Å². The molecule has 1 aromatic carbocycles. The molecule has 1 rings (SSSR count). The third-order valence-electron chi connectivity index (χ3n) is 1.30. The van der Waals surface area contributed by atoms with E-state index in [0.29, 0.717) is 11.3 Å². The molecule has 1 amide bonds. The Balaban J connectivity index is 2.97. The molecule has 3 heteroatoms. The van der Waals surface area contributed by atoms with E-state index in [-0.39, 0.29) is 0 Å². The monoisotopic (exact) mass is 161 g/mol. The average molecular weight is 161 g/mol. The highest BCUT2D eigenvalue weighted by Gasteiger charge is 2.00. The molecule has 0 unspecified atom stereocenters. The van der Waals surface area contributed by atoms with Gasteiger partial charge in [-0.15, -0.1) is 0 Å². The summed E-state index contributed by atoms with van der Waals surface area (Å²) in [6, 6.07) is 6.37. The Morgan fingerprint density at radius 3 is 2.92 bits per heavy atom. The van der Waals surface area contributed by atoms with Gasteiger partial charge in [0.2, 0.25) is 5.91 Å². The van der Waals surface area contributed by atoms with E-state index in [0.717, 1.165) is 0 Å². The van der Waals surface area contributed by atoms with Crippen LogP contribution in [0.4, 0.5) is 0 Å². The van der Waals surface area contributed by atoms with Gasteiger partial charge < -0.3 is 10.5 Å². The summed E-state index contributed by atoms with van der Waals surface area (Å²) in [6.45, 7) is 0. The second kappa shape index (κ2) is 3.44. The van der Waals surface area contributed by atoms with Gasteiger partial charge >= 0.3 is 0 Å². The number of nitrogens with two attached hydrogens (primary N) is 1. The van der Waals surface area contributed by atoms with Gasteiger partial charge in [0.05, 0.1) is 0 Å². The Kier molecular flexibility index (Phi) is 2.34. The largest absolute Gasteiger partial charge is 0.408 e. The van der Waals surface area contributed by atoms with Crippen molar-refractivity contribution in [2.45, 2.75) is 0 Å². The molecule has 0 aliphatic heterocycles. The van der Waals surface area contributed by atoms with E-state index in [4.69, 9.17) is 16.9 Å². The smallest absolute Gasteiger partial charge is 0.248 e. The molecule has 0 bridgehead atoms. The quantitative estimate of drug-likeness (QED) is 0.651. The van der Waals surface area contributed by atoms with Crippen molar-refractivity contribution in [1.29, 1.82) is 0 Å². The molecule has 0 aliphatic rings. The number of carbonyl (C=O) groups excluding carboxylic acids is 1. The number of ether oxygens (including phenoxy) is 1. The Morgan fingerprint density at radius 2 is 2.33 bits per heavy atom. The molecular weight excluding hydrogens is 154 g/mol. The van der Waals surface area contributed by atoms with Crippen LogP contribution in [0.25, 0.3) is 0 Å². The molecule has 0 heterocycles. The van der Waals surface area contributed by atoms with Gasteiger partial charge in [0.25, 0.3) is 0 Å². The fourth-order valence-electron chi connectivity index (χ4n) is 0.781. The summed E-state index contributed by atoms with van der Waals surface area (Å²) in [5.74, 6) is -0.0636. The van der Waals surface area contributed by atoms with Crippen LogP contribution in [-0.4, -0.2) is 5.91 Å². The minimum atomic E-state index is -0.502. The third kappa shape index (κ3) is 1.77. The lowest BCUT2D eigenvalue weighted by Gasteiger charge is -1.98. The van der Waals surface area contributed by atoms with Crippen molar-refractivity contribution in [2.24, 2.45) is 5.73 Å². The summed E-state index contributed by atoms with van der Waals surface area (Å²) in [4.78, 5) is 10.7. The van der Waals surface area contributed by atoms with Crippen LogP contribution in [0.15, 0.2) is 24.3 Å². The van der Waals surface area contributed by atoms with Crippen molar-refractivity contribution < 1.29 is 9.53 Å². The van der Waals surface area contributed by atoms with Gasteiger partial charge in [-0.3, -0.25) is 4.79 Å². The number of hydrogen-bond donors (Lipinski definition) is 1. The highest BCUT2D eigenvalue weighted by atomic mass is 16.5. The second-order valence-corrected chi connectivity index (χ2v) is 2.11. The lowest BCUT2D eigenvalue weighted by atomic mass is 10.2. The highest BCUT2D eigenvalue weighted by molar-refractivity contribution is 5.93. The lowest BCUT2D eigenvalue weighted by Crippen LogP contribution is -2.10. The lowest BCUT2D eigenvalue weighted by molar-refractivity contribution is 0.1000. The van der Waals surface area contributed by atoms with E-state index in [1.165, 1.54) is 6.07 Å². The normalized spacial score (nSPS) is 8.58. The number of amides is 1. The molecule has 3 nitrogen and oxygen atoms in total. The van der Waals surface area contributed by atoms with Gasteiger partial charge in [0, 0.05) is 5.56 Å². The van der Waals surface area contributed by atoms with Gasteiger partial charge in [0.15, 0.2) is 0 Å². The van der Waals surface area contributed by atoms with Crippen LogP contribution < -0.4 is 10.5 Å². The Labute approximate surface area is 70.1 Å². The fraction of sp³-hybridized carbons (Fsp3) is 0. The number of terminal acetylenes is 1. The van der Waals surface area contributed by atoms with E-state index in [1.54, 1.807) is 18.2 Å². The zero-order valence-corrected chi connectivity index (χ0v) is 6.28. The number of carbonyl (C=O) groups is 1. The van der Waals surface area contributed by atoms with Crippen molar-refractivity contribution in [3.8, 4) is 18.3 Å². The fourth-order valence-corrected chi connectivity index (χ4v) is 0.781. The summed E-state index contributed by atoms with van der Waals surface area (Å²) in [6.07, 6.45) is 6.90. The summed E-state index contributed by atoms with van der Waals surface area (Å²) >= 11 is 0. The minimum absolute atomic E-state index is 0.378. The molecule has 0 radical (unpaired) electrons. The first-order valence-corrected chi connectivity index (χ1v) is 3.26. The zero-order valence-electron chi connectivity index (χ0n) is 6.28. The Morgan fingerprint density at radius 1 is 1.58 bits per heavy atom. The number of hydrogen-bond acceptors (Lipinski definition) is 2. The zero-order chi connectivity index (χ0) is 8.97. The van der Waals surface area contributed by atoms with E-state index in [9.17, 15) is 4.79 Å². The van der Waals surface area contributed by atoms with Crippen LogP contribution in [0.5, 0.6) is 5.75 Å². The van der Waals surface area contributed by atoms with Crippen LogP contribution >= 0.6 is 0 Å². The van der Waals surface area contributed by atoms with Crippen LogP contribution in [0.3, 0.4) is 0 Å². The molecule has 0 aliphatic carbocycles. The Bertz CT molecular complexity index is 339. The van der Waals surface area contributed by atoms with E-state index in [1.807, 2.05) is 6.11 Å². The van der Waals surface area contributed by atoms with E-state index < -0.39 is 5.91 Å². The maximum absolute atomic E-state index is 10.7. The van der Waals surface area contributed by atoms with Crippen LogP contribution in [0.2, 0.25) is 0 Å². The molecule has 0 saturated carbocycles. The molecule has 0 atom stereocenters. The summed E-state index contributed by atoms with van der Waals surface area (Å²) in [5, 5.41) is 0. The molecule has 0 aromatic heterocycles. The molecule has 0 fully saturated rings. The van der Waals surface area contributed by atoms with Gasteiger partial charge in [0.1, 0.15) is 11.9 Å². The summed E-state index contributed by atoms with van der Waals surface area (Å²) in [7, 11) is 0. The van der Waals surface area contributed by atoms with Crippen molar-refractivity contribution in [2.75, 3.05) is 0 Å². The SMILES string of the molecule is C#COc1cccc(C(N)=O)c1. The molecular formula is C9H7NO2. The first kappa shape index (κ1) is 8.15. The van der Waals surface area contributed by atoms with Gasteiger partial charge in [-0.1, -0.05) is 12.5 Å². The topological polar surface area (TPSA) is 52.3 Å². The highest BCUT2D eigenvalue weighted by Crippen LogP contribution is 2.11. The molecule has 2 N–H and O–H groups in total. The van der Waals surface area contributed by atoms with Crippen molar-refractivity contribution in [3.05, 3.63) is 29.8 Å². The predicted molar refractivity (Wildman–Crippen MR) is 44.4 cm³/mol. The van der Waals surface area contributed by atoms with Crippen LogP contribution in [0.1, 0.15) is 10.4 Å². The van der Waals surface area contributed by atoms with E-state index >= 15 is 0 Å². The number of benzene rings is 1. The number of rotatable bonds is 2. The molecule has 0 spiro atoms. The standard InChI is InChI=1S/C9H7NO2/c1-2-12-8-5-3-4-7(6-8)9(10)11/h1,3-6H,(H2,10,11). The predicted octanol–water partition coefficient (Wildman–Crippen LogP) is 0.755. The van der Waals surface area contributed by atoms with Crippen molar-refractivity contribution in [1.82, 2.24) is 0 Å². The van der Waals surface area contributed by atoms with Crippen molar-refractivity contribution in [3.63, 3.8) is 0 Å². The first-order valence-electron chi connectivity index (χ1n) is 3.26.